The van der Waals surface area contributed by atoms with Crippen molar-refractivity contribution in [1.29, 1.82) is 0 Å². The average molecular weight is 473 g/mol. The van der Waals surface area contributed by atoms with Gasteiger partial charge in [0, 0.05) is 33.7 Å². The highest BCUT2D eigenvalue weighted by Gasteiger charge is 2.24. The maximum Gasteiger partial charge on any atom is 0.286 e. The SMILES string of the molecule is Cc1ccccc1N(C)C(=O)c1ccc(S(=O)c2ccc(Br)cc2)c([N+](=O)[O-])c1. The van der Waals surface area contributed by atoms with Crippen LogP contribution in [0.4, 0.5) is 11.4 Å². The Morgan fingerprint density at radius 3 is 2.34 bits per heavy atom. The highest BCUT2D eigenvalue weighted by molar-refractivity contribution is 9.10. The summed E-state index contributed by atoms with van der Waals surface area (Å²) in [6.45, 7) is 1.88. The zero-order valence-corrected chi connectivity index (χ0v) is 18.1. The number of carbonyl (C=O) groups excluding carboxylic acids is 1. The minimum atomic E-state index is -1.75. The minimum absolute atomic E-state index is 0.0485. The molecule has 29 heavy (non-hydrogen) atoms. The van der Waals surface area contributed by atoms with Crippen LogP contribution >= 0.6 is 15.9 Å². The quantitative estimate of drug-likeness (QED) is 0.381. The molecule has 0 N–H and O–H groups in total. The lowest BCUT2D eigenvalue weighted by Crippen LogP contribution is -2.27. The Labute approximate surface area is 178 Å². The molecule has 0 aliphatic carbocycles. The summed E-state index contributed by atoms with van der Waals surface area (Å²) in [6.07, 6.45) is 0. The number of rotatable bonds is 5. The normalized spacial score (nSPS) is 11.7. The van der Waals surface area contributed by atoms with Gasteiger partial charge in [0.25, 0.3) is 11.6 Å². The number of anilines is 1. The predicted octanol–water partition coefficient (Wildman–Crippen LogP) is 5.11. The molecule has 1 amide bonds. The summed E-state index contributed by atoms with van der Waals surface area (Å²) < 4.78 is 13.7. The Morgan fingerprint density at radius 2 is 1.72 bits per heavy atom. The third-order valence-electron chi connectivity index (χ3n) is 4.41. The van der Waals surface area contributed by atoms with Crippen molar-refractivity contribution in [2.24, 2.45) is 0 Å². The summed E-state index contributed by atoms with van der Waals surface area (Å²) >= 11 is 3.30. The van der Waals surface area contributed by atoms with Gasteiger partial charge in [0.2, 0.25) is 0 Å². The van der Waals surface area contributed by atoms with Crippen molar-refractivity contribution in [1.82, 2.24) is 0 Å². The smallest absolute Gasteiger partial charge is 0.286 e. The lowest BCUT2D eigenvalue weighted by molar-refractivity contribution is -0.387. The van der Waals surface area contributed by atoms with Crippen molar-refractivity contribution in [3.05, 3.63) is 92.4 Å². The van der Waals surface area contributed by atoms with Gasteiger partial charge in [0.15, 0.2) is 0 Å². The number of halogens is 1. The molecule has 0 spiro atoms. The maximum atomic E-state index is 12.9. The Morgan fingerprint density at radius 1 is 1.07 bits per heavy atom. The molecular weight excluding hydrogens is 456 g/mol. The molecule has 1 unspecified atom stereocenters. The summed E-state index contributed by atoms with van der Waals surface area (Å²) in [5.74, 6) is -0.386. The number of benzene rings is 3. The first-order valence-electron chi connectivity index (χ1n) is 8.59. The number of amides is 1. The second-order valence-electron chi connectivity index (χ2n) is 6.31. The largest absolute Gasteiger partial charge is 0.311 e. The van der Waals surface area contributed by atoms with E-state index in [1.807, 2.05) is 25.1 Å². The van der Waals surface area contributed by atoms with Gasteiger partial charge in [-0.05, 0) is 55.0 Å². The van der Waals surface area contributed by atoms with Crippen LogP contribution in [0.1, 0.15) is 15.9 Å². The fourth-order valence-electron chi connectivity index (χ4n) is 2.88. The van der Waals surface area contributed by atoms with Crippen LogP contribution < -0.4 is 4.90 Å². The van der Waals surface area contributed by atoms with Crippen LogP contribution in [-0.2, 0) is 10.8 Å². The number of hydrogen-bond donors (Lipinski definition) is 0. The summed E-state index contributed by atoms with van der Waals surface area (Å²) in [7, 11) is -0.131. The van der Waals surface area contributed by atoms with Crippen molar-refractivity contribution in [2.75, 3.05) is 11.9 Å². The molecular formula is C21H17BrN2O4S. The van der Waals surface area contributed by atoms with Crippen LogP contribution in [-0.4, -0.2) is 22.1 Å². The third kappa shape index (κ3) is 4.44. The molecule has 0 aliphatic rings. The molecule has 3 rings (SSSR count). The highest BCUT2D eigenvalue weighted by Crippen LogP contribution is 2.29. The van der Waals surface area contributed by atoms with Crippen molar-refractivity contribution < 1.29 is 13.9 Å². The number of hydrogen-bond acceptors (Lipinski definition) is 4. The van der Waals surface area contributed by atoms with E-state index in [0.29, 0.717) is 10.6 Å². The second-order valence-corrected chi connectivity index (χ2v) is 8.68. The van der Waals surface area contributed by atoms with Gasteiger partial charge in [-0.2, -0.15) is 0 Å². The van der Waals surface area contributed by atoms with E-state index in [4.69, 9.17) is 0 Å². The van der Waals surface area contributed by atoms with Crippen molar-refractivity contribution in [3.63, 3.8) is 0 Å². The molecule has 3 aromatic rings. The molecule has 0 bridgehead atoms. The van der Waals surface area contributed by atoms with Crippen LogP contribution in [0.15, 0.2) is 81.0 Å². The fourth-order valence-corrected chi connectivity index (χ4v) is 4.29. The predicted molar refractivity (Wildman–Crippen MR) is 116 cm³/mol. The molecule has 8 heteroatoms. The molecule has 0 heterocycles. The topological polar surface area (TPSA) is 80.5 Å². The average Bonchev–Trinajstić information content (AvgIpc) is 2.72. The van der Waals surface area contributed by atoms with E-state index in [-0.39, 0.29) is 22.1 Å². The van der Waals surface area contributed by atoms with E-state index < -0.39 is 15.7 Å². The van der Waals surface area contributed by atoms with E-state index in [2.05, 4.69) is 15.9 Å². The number of carbonyl (C=O) groups is 1. The van der Waals surface area contributed by atoms with Gasteiger partial charge in [0.1, 0.15) is 4.90 Å². The van der Waals surface area contributed by atoms with Crippen LogP contribution in [0.5, 0.6) is 0 Å². The van der Waals surface area contributed by atoms with Crippen molar-refractivity contribution >= 4 is 44.0 Å². The summed E-state index contributed by atoms with van der Waals surface area (Å²) in [5.41, 5.74) is 1.42. The van der Waals surface area contributed by atoms with Gasteiger partial charge in [-0.1, -0.05) is 34.1 Å². The van der Waals surface area contributed by atoms with Gasteiger partial charge in [-0.3, -0.25) is 14.9 Å². The second kappa shape index (κ2) is 8.67. The van der Waals surface area contributed by atoms with Gasteiger partial charge in [0.05, 0.1) is 15.7 Å². The summed E-state index contributed by atoms with van der Waals surface area (Å²) in [6, 6.07) is 18.1. The van der Waals surface area contributed by atoms with E-state index in [1.54, 1.807) is 37.4 Å². The number of para-hydroxylation sites is 1. The number of nitro groups is 1. The van der Waals surface area contributed by atoms with Crippen LogP contribution in [0.25, 0.3) is 0 Å². The molecule has 0 radical (unpaired) electrons. The van der Waals surface area contributed by atoms with Crippen molar-refractivity contribution in [3.8, 4) is 0 Å². The number of aryl methyl sites for hydroxylation is 1. The van der Waals surface area contributed by atoms with E-state index in [0.717, 1.165) is 10.0 Å². The van der Waals surface area contributed by atoms with Crippen molar-refractivity contribution in [2.45, 2.75) is 16.7 Å². The number of nitro benzene ring substituents is 1. The molecule has 0 saturated heterocycles. The Balaban J connectivity index is 1.99. The summed E-state index contributed by atoms with van der Waals surface area (Å²) in [4.78, 5) is 25.8. The Hall–Kier alpha value is -2.84. The minimum Gasteiger partial charge on any atom is -0.311 e. The Kier molecular flexibility index (Phi) is 6.24. The summed E-state index contributed by atoms with van der Waals surface area (Å²) in [5, 5.41) is 11.6. The molecule has 0 saturated carbocycles. The fraction of sp³-hybridized carbons (Fsp3) is 0.0952. The van der Waals surface area contributed by atoms with Gasteiger partial charge < -0.3 is 4.90 Å². The maximum absolute atomic E-state index is 12.9. The molecule has 1 atom stereocenters. The molecule has 0 aromatic heterocycles. The van der Waals surface area contributed by atoms with Crippen LogP contribution in [0.3, 0.4) is 0 Å². The molecule has 0 fully saturated rings. The standard InChI is InChI=1S/C21H17BrN2O4S/c1-14-5-3-4-6-18(14)23(2)21(25)15-7-12-20(19(13-15)24(26)27)29(28)17-10-8-16(22)9-11-17/h3-13H,1-2H3. The monoisotopic (exact) mass is 472 g/mol. The molecule has 6 nitrogen and oxygen atoms in total. The van der Waals surface area contributed by atoms with Crippen LogP contribution in [0.2, 0.25) is 0 Å². The van der Waals surface area contributed by atoms with Gasteiger partial charge >= 0.3 is 0 Å². The first-order valence-corrected chi connectivity index (χ1v) is 10.5. The first kappa shape index (κ1) is 20.9. The molecule has 3 aromatic carbocycles. The lowest BCUT2D eigenvalue weighted by Gasteiger charge is -2.19. The zero-order chi connectivity index (χ0) is 21.1. The van der Waals surface area contributed by atoms with E-state index in [9.17, 15) is 19.1 Å². The van der Waals surface area contributed by atoms with Gasteiger partial charge in [-0.15, -0.1) is 0 Å². The zero-order valence-electron chi connectivity index (χ0n) is 15.7. The first-order chi connectivity index (χ1) is 13.8. The van der Waals surface area contributed by atoms with Crippen LogP contribution in [0, 0.1) is 17.0 Å². The number of nitrogens with zero attached hydrogens (tertiary/aromatic N) is 2. The van der Waals surface area contributed by atoms with E-state index >= 15 is 0 Å². The molecule has 148 valence electrons. The van der Waals surface area contributed by atoms with Gasteiger partial charge in [-0.25, -0.2) is 4.21 Å². The molecule has 0 aliphatic heterocycles. The third-order valence-corrected chi connectivity index (χ3v) is 6.39. The highest BCUT2D eigenvalue weighted by atomic mass is 79.9. The Bertz CT molecular complexity index is 1120. The lowest BCUT2D eigenvalue weighted by atomic mass is 10.1. The van der Waals surface area contributed by atoms with E-state index in [1.165, 1.54) is 23.1 Å².